The molecule has 0 saturated carbocycles. The Morgan fingerprint density at radius 3 is 2.50 bits per heavy atom. The van der Waals surface area contributed by atoms with Crippen LogP contribution in [0.1, 0.15) is 25.8 Å². The normalized spacial score (nSPS) is 11.3. The van der Waals surface area contributed by atoms with E-state index in [1.165, 1.54) is 0 Å². The predicted octanol–water partition coefficient (Wildman–Crippen LogP) is 2.57. The maximum Gasteiger partial charge on any atom is 0.122 e. The van der Waals surface area contributed by atoms with Crippen molar-refractivity contribution in [2.75, 3.05) is 0 Å². The topological polar surface area (TPSA) is 26.3 Å². The van der Waals surface area contributed by atoms with Gasteiger partial charge in [-0.1, -0.05) is 30.3 Å². The van der Waals surface area contributed by atoms with E-state index >= 15 is 0 Å². The summed E-state index contributed by atoms with van der Waals surface area (Å²) in [5.74, 6) is 0. The molecule has 2 heteroatoms. The molecule has 0 atom stereocenters. The van der Waals surface area contributed by atoms with Crippen molar-refractivity contribution < 1.29 is 9.53 Å². The monoisotopic (exact) mass is 192 g/mol. The van der Waals surface area contributed by atoms with E-state index < -0.39 is 0 Å². The van der Waals surface area contributed by atoms with E-state index in [2.05, 4.69) is 0 Å². The smallest absolute Gasteiger partial charge is 0.122 e. The van der Waals surface area contributed by atoms with Crippen molar-refractivity contribution in [1.29, 1.82) is 0 Å². The Bertz CT molecular complexity index is 278. The van der Waals surface area contributed by atoms with E-state index in [0.717, 1.165) is 11.8 Å². The van der Waals surface area contributed by atoms with Gasteiger partial charge in [0, 0.05) is 6.42 Å². The van der Waals surface area contributed by atoms with Gasteiger partial charge in [-0.2, -0.15) is 0 Å². The fourth-order valence-corrected chi connectivity index (χ4v) is 1.11. The van der Waals surface area contributed by atoms with Gasteiger partial charge in [0.1, 0.15) is 6.29 Å². The van der Waals surface area contributed by atoms with Crippen molar-refractivity contribution in [2.45, 2.75) is 32.5 Å². The van der Waals surface area contributed by atoms with Crippen LogP contribution in [0.5, 0.6) is 0 Å². The molecule has 0 spiro atoms. The van der Waals surface area contributed by atoms with Crippen LogP contribution >= 0.6 is 0 Å². The third-order valence-corrected chi connectivity index (χ3v) is 2.05. The zero-order valence-electron chi connectivity index (χ0n) is 8.69. The molecular weight excluding hydrogens is 176 g/mol. The standard InChI is InChI=1S/C12H16O2/c1-12(2,8-9-13)14-10-11-6-4-3-5-7-11/h3-7,9H,8,10H2,1-2H3. The molecule has 0 aromatic heterocycles. The van der Waals surface area contributed by atoms with E-state index in [4.69, 9.17) is 4.74 Å². The molecule has 2 nitrogen and oxygen atoms in total. The molecule has 0 aliphatic carbocycles. The number of aldehydes is 1. The van der Waals surface area contributed by atoms with Gasteiger partial charge in [-0.15, -0.1) is 0 Å². The minimum Gasteiger partial charge on any atom is -0.370 e. The fraction of sp³-hybridized carbons (Fsp3) is 0.417. The van der Waals surface area contributed by atoms with E-state index in [1.807, 2.05) is 44.2 Å². The largest absolute Gasteiger partial charge is 0.370 e. The number of ether oxygens (including phenoxy) is 1. The Labute approximate surface area is 84.9 Å². The molecule has 14 heavy (non-hydrogen) atoms. The fourth-order valence-electron chi connectivity index (χ4n) is 1.11. The van der Waals surface area contributed by atoms with Crippen molar-refractivity contribution in [3.8, 4) is 0 Å². The third kappa shape index (κ3) is 3.71. The lowest BCUT2D eigenvalue weighted by Crippen LogP contribution is -2.24. The van der Waals surface area contributed by atoms with Crippen molar-refractivity contribution >= 4 is 6.29 Å². The first-order chi connectivity index (χ1) is 6.64. The Kier molecular flexibility index (Phi) is 3.84. The molecule has 0 unspecified atom stereocenters. The SMILES string of the molecule is CC(C)(CC=O)OCc1ccccc1. The molecule has 76 valence electrons. The van der Waals surface area contributed by atoms with Gasteiger partial charge in [0.05, 0.1) is 12.2 Å². The van der Waals surface area contributed by atoms with Crippen LogP contribution in [0.25, 0.3) is 0 Å². The predicted molar refractivity (Wildman–Crippen MR) is 56.0 cm³/mol. The molecule has 0 aliphatic heterocycles. The van der Waals surface area contributed by atoms with Gasteiger partial charge in [-0.3, -0.25) is 0 Å². The van der Waals surface area contributed by atoms with Crippen LogP contribution in [0.2, 0.25) is 0 Å². The summed E-state index contributed by atoms with van der Waals surface area (Å²) in [5.41, 5.74) is 0.767. The third-order valence-electron chi connectivity index (χ3n) is 2.05. The lowest BCUT2D eigenvalue weighted by Gasteiger charge is -2.22. The van der Waals surface area contributed by atoms with Gasteiger partial charge in [-0.05, 0) is 19.4 Å². The zero-order valence-corrected chi connectivity index (χ0v) is 8.69. The molecule has 1 aromatic carbocycles. The summed E-state index contributed by atoms with van der Waals surface area (Å²) in [5, 5.41) is 0. The second-order valence-electron chi connectivity index (χ2n) is 3.90. The lowest BCUT2D eigenvalue weighted by atomic mass is 10.1. The molecule has 1 aromatic rings. The van der Waals surface area contributed by atoms with Crippen molar-refractivity contribution in [3.63, 3.8) is 0 Å². The van der Waals surface area contributed by atoms with Crippen molar-refractivity contribution in [1.82, 2.24) is 0 Å². The minimum absolute atomic E-state index is 0.364. The summed E-state index contributed by atoms with van der Waals surface area (Å²) in [6.45, 7) is 4.40. The molecule has 0 saturated heterocycles. The maximum absolute atomic E-state index is 10.4. The van der Waals surface area contributed by atoms with E-state index in [-0.39, 0.29) is 5.60 Å². The highest BCUT2D eigenvalue weighted by molar-refractivity contribution is 5.51. The molecular formula is C12H16O2. The second-order valence-corrected chi connectivity index (χ2v) is 3.90. The summed E-state index contributed by atoms with van der Waals surface area (Å²) >= 11 is 0. The molecule has 0 heterocycles. The lowest BCUT2D eigenvalue weighted by molar-refractivity contribution is -0.114. The molecule has 1 rings (SSSR count). The van der Waals surface area contributed by atoms with Crippen LogP contribution in [-0.4, -0.2) is 11.9 Å². The number of benzene rings is 1. The van der Waals surface area contributed by atoms with Crippen LogP contribution in [0.4, 0.5) is 0 Å². The summed E-state index contributed by atoms with van der Waals surface area (Å²) in [7, 11) is 0. The average Bonchev–Trinajstić information content (AvgIpc) is 2.17. The van der Waals surface area contributed by atoms with Gasteiger partial charge in [0.2, 0.25) is 0 Å². The van der Waals surface area contributed by atoms with Gasteiger partial charge in [0.15, 0.2) is 0 Å². The van der Waals surface area contributed by atoms with Crippen molar-refractivity contribution in [3.05, 3.63) is 35.9 Å². The van der Waals surface area contributed by atoms with Crippen LogP contribution < -0.4 is 0 Å². The zero-order chi connectivity index (χ0) is 10.4. The van der Waals surface area contributed by atoms with E-state index in [9.17, 15) is 4.79 Å². The van der Waals surface area contributed by atoms with Gasteiger partial charge in [0.25, 0.3) is 0 Å². The summed E-state index contributed by atoms with van der Waals surface area (Å²) in [6, 6.07) is 9.95. The number of hydrogen-bond acceptors (Lipinski definition) is 2. The number of carbonyl (C=O) groups excluding carboxylic acids is 1. The first-order valence-electron chi connectivity index (χ1n) is 4.75. The van der Waals surface area contributed by atoms with Crippen LogP contribution in [0, 0.1) is 0 Å². The van der Waals surface area contributed by atoms with E-state index in [1.54, 1.807) is 0 Å². The Morgan fingerprint density at radius 2 is 1.93 bits per heavy atom. The highest BCUT2D eigenvalue weighted by Crippen LogP contribution is 2.15. The highest BCUT2D eigenvalue weighted by atomic mass is 16.5. The first-order valence-corrected chi connectivity index (χ1v) is 4.75. The molecule has 0 bridgehead atoms. The summed E-state index contributed by atoms with van der Waals surface area (Å²) in [4.78, 5) is 10.4. The summed E-state index contributed by atoms with van der Waals surface area (Å²) < 4.78 is 5.62. The Hall–Kier alpha value is -1.15. The molecule has 0 aliphatic rings. The molecule has 0 radical (unpaired) electrons. The highest BCUT2D eigenvalue weighted by Gasteiger charge is 2.17. The molecule has 0 fully saturated rings. The first kappa shape index (κ1) is 10.9. The van der Waals surface area contributed by atoms with Gasteiger partial charge < -0.3 is 9.53 Å². The maximum atomic E-state index is 10.4. The van der Waals surface area contributed by atoms with Crippen molar-refractivity contribution in [2.24, 2.45) is 0 Å². The van der Waals surface area contributed by atoms with Gasteiger partial charge >= 0.3 is 0 Å². The second kappa shape index (κ2) is 4.91. The number of rotatable bonds is 5. The van der Waals surface area contributed by atoms with Crippen LogP contribution in [0.3, 0.4) is 0 Å². The number of carbonyl (C=O) groups is 1. The minimum atomic E-state index is -0.364. The number of hydrogen-bond donors (Lipinski definition) is 0. The molecule has 0 amide bonds. The van der Waals surface area contributed by atoms with Crippen LogP contribution in [0.15, 0.2) is 30.3 Å². The van der Waals surface area contributed by atoms with Gasteiger partial charge in [-0.25, -0.2) is 0 Å². The quantitative estimate of drug-likeness (QED) is 0.670. The molecule has 0 N–H and O–H groups in total. The Morgan fingerprint density at radius 1 is 1.29 bits per heavy atom. The average molecular weight is 192 g/mol. The van der Waals surface area contributed by atoms with Crippen LogP contribution in [-0.2, 0) is 16.1 Å². The van der Waals surface area contributed by atoms with E-state index in [0.29, 0.717) is 13.0 Å². The summed E-state index contributed by atoms with van der Waals surface area (Å²) in [6.07, 6.45) is 1.32. The Balaban J connectivity index is 2.44.